The molecular formula is C30H31ClN6O2. The summed E-state index contributed by atoms with van der Waals surface area (Å²) < 4.78 is 9.49. The molecule has 0 spiro atoms. The highest BCUT2D eigenvalue weighted by Crippen LogP contribution is 2.32. The predicted octanol–water partition coefficient (Wildman–Crippen LogP) is 5.71. The molecule has 0 unspecified atom stereocenters. The lowest BCUT2D eigenvalue weighted by Gasteiger charge is -2.17. The van der Waals surface area contributed by atoms with Gasteiger partial charge in [-0.3, -0.25) is 14.3 Å². The van der Waals surface area contributed by atoms with E-state index in [9.17, 15) is 4.79 Å². The quantitative estimate of drug-likeness (QED) is 0.265. The van der Waals surface area contributed by atoms with Crippen molar-refractivity contribution < 1.29 is 4.74 Å². The van der Waals surface area contributed by atoms with Gasteiger partial charge in [0, 0.05) is 53.3 Å². The van der Waals surface area contributed by atoms with E-state index in [1.165, 1.54) is 0 Å². The maximum atomic E-state index is 13.7. The van der Waals surface area contributed by atoms with Gasteiger partial charge in [0.15, 0.2) is 0 Å². The van der Waals surface area contributed by atoms with E-state index in [1.54, 1.807) is 12.3 Å². The average molecular weight is 543 g/mol. The summed E-state index contributed by atoms with van der Waals surface area (Å²) in [5.41, 5.74) is 6.64. The molecule has 1 fully saturated rings. The Labute approximate surface area is 231 Å². The van der Waals surface area contributed by atoms with E-state index in [4.69, 9.17) is 21.4 Å². The third kappa shape index (κ3) is 4.68. The molecule has 5 aromatic rings. The van der Waals surface area contributed by atoms with Gasteiger partial charge in [-0.1, -0.05) is 23.2 Å². The first-order valence-electron chi connectivity index (χ1n) is 13.4. The maximum absolute atomic E-state index is 13.7. The van der Waals surface area contributed by atoms with Gasteiger partial charge in [-0.15, -0.1) is 0 Å². The Bertz CT molecular complexity index is 1750. The molecule has 1 saturated heterocycles. The first kappa shape index (κ1) is 25.5. The number of hydrogen-bond donors (Lipinski definition) is 1. The minimum atomic E-state index is 0.0239. The highest BCUT2D eigenvalue weighted by atomic mass is 35.5. The number of benzene rings is 1. The molecule has 4 aromatic heterocycles. The Morgan fingerprint density at radius 2 is 2.03 bits per heavy atom. The SMILES string of the molecule is CCn1c(=O)c2cc(C)cc(CCNc3ccc(Cl)nc3-c3ccnc(C)c3)c2c2cnn([C@H]3CCOC3)c21. The molecular weight excluding hydrogens is 512 g/mol. The first-order chi connectivity index (χ1) is 18.9. The number of nitrogens with zero attached hydrogens (tertiary/aromatic N) is 5. The van der Waals surface area contributed by atoms with E-state index in [0.717, 1.165) is 68.4 Å². The molecule has 0 saturated carbocycles. The second-order valence-electron chi connectivity index (χ2n) is 10.1. The lowest BCUT2D eigenvalue weighted by Crippen LogP contribution is -2.24. The minimum Gasteiger partial charge on any atom is -0.383 e. The van der Waals surface area contributed by atoms with Crippen LogP contribution in [0.3, 0.4) is 0 Å². The minimum absolute atomic E-state index is 0.0239. The van der Waals surface area contributed by atoms with E-state index < -0.39 is 0 Å². The molecule has 8 nitrogen and oxygen atoms in total. The molecule has 1 aliphatic heterocycles. The second-order valence-corrected chi connectivity index (χ2v) is 10.5. The smallest absolute Gasteiger partial charge is 0.260 e. The molecule has 1 atom stereocenters. The Balaban J connectivity index is 1.40. The summed E-state index contributed by atoms with van der Waals surface area (Å²) >= 11 is 6.26. The molecule has 200 valence electrons. The number of anilines is 1. The molecule has 1 aromatic carbocycles. The summed E-state index contributed by atoms with van der Waals surface area (Å²) in [6.07, 6.45) is 5.31. The highest BCUT2D eigenvalue weighted by Gasteiger charge is 2.24. The molecule has 0 aliphatic carbocycles. The lowest BCUT2D eigenvalue weighted by atomic mass is 9.98. The van der Waals surface area contributed by atoms with Gasteiger partial charge in [-0.2, -0.15) is 5.10 Å². The third-order valence-electron chi connectivity index (χ3n) is 7.44. The van der Waals surface area contributed by atoms with E-state index in [0.29, 0.717) is 31.5 Å². The largest absolute Gasteiger partial charge is 0.383 e. The zero-order valence-electron chi connectivity index (χ0n) is 22.4. The van der Waals surface area contributed by atoms with Crippen LogP contribution in [-0.4, -0.2) is 44.1 Å². The zero-order valence-corrected chi connectivity index (χ0v) is 23.1. The predicted molar refractivity (Wildman–Crippen MR) is 156 cm³/mol. The van der Waals surface area contributed by atoms with Crippen LogP contribution >= 0.6 is 11.6 Å². The van der Waals surface area contributed by atoms with E-state index >= 15 is 0 Å². The number of aryl methyl sites for hydroxylation is 3. The second kappa shape index (κ2) is 10.4. The molecule has 0 radical (unpaired) electrons. The Kier molecular flexibility index (Phi) is 6.83. The monoisotopic (exact) mass is 542 g/mol. The van der Waals surface area contributed by atoms with Gasteiger partial charge < -0.3 is 10.1 Å². The topological polar surface area (TPSA) is 86.9 Å². The van der Waals surface area contributed by atoms with Crippen molar-refractivity contribution in [3.05, 3.63) is 81.1 Å². The van der Waals surface area contributed by atoms with E-state index in [-0.39, 0.29) is 11.6 Å². The van der Waals surface area contributed by atoms with Gasteiger partial charge >= 0.3 is 0 Å². The van der Waals surface area contributed by atoms with Crippen LogP contribution in [0.25, 0.3) is 33.1 Å². The average Bonchev–Trinajstić information content (AvgIpc) is 3.60. The molecule has 1 aliphatic rings. The maximum Gasteiger partial charge on any atom is 0.260 e. The van der Waals surface area contributed by atoms with Crippen molar-refractivity contribution >= 4 is 39.1 Å². The molecule has 1 N–H and O–H groups in total. The van der Waals surface area contributed by atoms with Crippen LogP contribution < -0.4 is 10.9 Å². The third-order valence-corrected chi connectivity index (χ3v) is 7.65. The van der Waals surface area contributed by atoms with Gasteiger partial charge in [-0.25, -0.2) is 9.67 Å². The zero-order chi connectivity index (χ0) is 27.1. The number of fused-ring (bicyclic) bond motifs is 3. The summed E-state index contributed by atoms with van der Waals surface area (Å²) in [6, 6.07) is 12.0. The normalized spacial score (nSPS) is 15.4. The standard InChI is InChI=1S/C30H31ClN6O2/c1-4-36-29-24(16-34-37(29)22-9-12-39-17-22)27-20(13-18(2)14-23(27)30(36)38)7-11-33-25-5-6-26(31)35-28(25)21-8-10-32-19(3)15-21/h5-6,8,10,13-16,22,33H,4,7,9,11-12,17H2,1-3H3/t22-/m0/s1. The number of rotatable bonds is 7. The van der Waals surface area contributed by atoms with E-state index in [2.05, 4.69) is 21.4 Å². The summed E-state index contributed by atoms with van der Waals surface area (Å²) in [4.78, 5) is 22.6. The summed E-state index contributed by atoms with van der Waals surface area (Å²) in [5, 5.41) is 11.5. The number of nitrogens with one attached hydrogen (secondary N) is 1. The van der Waals surface area contributed by atoms with Crippen LogP contribution in [-0.2, 0) is 17.7 Å². The van der Waals surface area contributed by atoms with Gasteiger partial charge in [0.1, 0.15) is 10.8 Å². The number of aromatic nitrogens is 5. The van der Waals surface area contributed by atoms with Crippen molar-refractivity contribution in [1.29, 1.82) is 0 Å². The van der Waals surface area contributed by atoms with Crippen molar-refractivity contribution in [3.63, 3.8) is 0 Å². The van der Waals surface area contributed by atoms with Crippen molar-refractivity contribution in [2.45, 2.75) is 46.2 Å². The van der Waals surface area contributed by atoms with Crippen molar-refractivity contribution in [2.75, 3.05) is 25.1 Å². The molecule has 6 rings (SSSR count). The Hall–Kier alpha value is -3.75. The molecule has 9 heteroatoms. The van der Waals surface area contributed by atoms with Crippen molar-refractivity contribution in [1.82, 2.24) is 24.3 Å². The van der Waals surface area contributed by atoms with Gasteiger partial charge in [0.25, 0.3) is 5.56 Å². The van der Waals surface area contributed by atoms with Crippen molar-refractivity contribution in [3.8, 4) is 11.3 Å². The van der Waals surface area contributed by atoms with Crippen LogP contribution in [0, 0.1) is 13.8 Å². The lowest BCUT2D eigenvalue weighted by molar-refractivity contribution is 0.185. The highest BCUT2D eigenvalue weighted by molar-refractivity contribution is 6.29. The molecule has 39 heavy (non-hydrogen) atoms. The Morgan fingerprint density at radius 3 is 2.79 bits per heavy atom. The fraction of sp³-hybridized carbons (Fsp3) is 0.333. The van der Waals surface area contributed by atoms with Gasteiger partial charge in [0.05, 0.1) is 30.2 Å². The molecule has 5 heterocycles. The van der Waals surface area contributed by atoms with Crippen LogP contribution in [0.4, 0.5) is 5.69 Å². The van der Waals surface area contributed by atoms with Crippen LogP contribution in [0.15, 0.2) is 53.6 Å². The van der Waals surface area contributed by atoms with Crippen LogP contribution in [0.1, 0.15) is 36.2 Å². The molecule has 0 bridgehead atoms. The van der Waals surface area contributed by atoms with E-state index in [1.807, 2.05) is 60.5 Å². The number of ether oxygens (including phenoxy) is 1. The number of hydrogen-bond acceptors (Lipinski definition) is 6. The van der Waals surface area contributed by atoms with Gasteiger partial charge in [0.2, 0.25) is 0 Å². The van der Waals surface area contributed by atoms with Gasteiger partial charge in [-0.05, 0) is 69.5 Å². The fourth-order valence-electron chi connectivity index (χ4n) is 5.69. The first-order valence-corrected chi connectivity index (χ1v) is 13.8. The van der Waals surface area contributed by atoms with Crippen LogP contribution in [0.2, 0.25) is 5.15 Å². The summed E-state index contributed by atoms with van der Waals surface area (Å²) in [7, 11) is 0. The number of halogens is 1. The fourth-order valence-corrected chi connectivity index (χ4v) is 5.83. The summed E-state index contributed by atoms with van der Waals surface area (Å²) in [5.74, 6) is 0. The Morgan fingerprint density at radius 1 is 1.15 bits per heavy atom. The van der Waals surface area contributed by atoms with Crippen LogP contribution in [0.5, 0.6) is 0 Å². The number of pyridine rings is 3. The summed E-state index contributed by atoms with van der Waals surface area (Å²) in [6.45, 7) is 8.58. The van der Waals surface area contributed by atoms with Crippen molar-refractivity contribution in [2.24, 2.45) is 0 Å². The molecule has 0 amide bonds.